The van der Waals surface area contributed by atoms with Crippen LogP contribution in [0.4, 0.5) is 0 Å². The fraction of sp³-hybridized carbons (Fsp3) is 0.500. The van der Waals surface area contributed by atoms with E-state index in [9.17, 15) is 4.79 Å². The van der Waals surface area contributed by atoms with E-state index in [0.717, 1.165) is 31.5 Å². The zero-order chi connectivity index (χ0) is 15.1. The summed E-state index contributed by atoms with van der Waals surface area (Å²) in [5.41, 5.74) is 1.10. The molecule has 0 atom stereocenters. The van der Waals surface area contributed by atoms with Crippen LogP contribution in [0.2, 0.25) is 0 Å². The molecule has 1 aliphatic rings. The summed E-state index contributed by atoms with van der Waals surface area (Å²) >= 11 is 5.30. The predicted molar refractivity (Wildman–Crippen MR) is 87.5 cm³/mol. The van der Waals surface area contributed by atoms with E-state index in [4.69, 9.17) is 17.0 Å². The third kappa shape index (κ3) is 5.34. The van der Waals surface area contributed by atoms with Gasteiger partial charge in [-0.05, 0) is 49.7 Å². The number of carbonyl (C=O) groups is 1. The molecule has 2 rings (SSSR count). The SMILES string of the molecule is Cc1cccc(OCC(=O)NC(=S)N2CCCCCC2)c1. The fourth-order valence-corrected chi connectivity index (χ4v) is 2.66. The number of hydrogen-bond donors (Lipinski definition) is 1. The Bertz CT molecular complexity index is 497. The number of rotatable bonds is 3. The van der Waals surface area contributed by atoms with Gasteiger partial charge in [-0.25, -0.2) is 0 Å². The van der Waals surface area contributed by atoms with Crippen LogP contribution in [0.1, 0.15) is 31.2 Å². The summed E-state index contributed by atoms with van der Waals surface area (Å²) in [5, 5.41) is 3.28. The molecule has 1 aromatic carbocycles. The number of hydrogen-bond acceptors (Lipinski definition) is 3. The van der Waals surface area contributed by atoms with Gasteiger partial charge in [0.25, 0.3) is 5.91 Å². The summed E-state index contributed by atoms with van der Waals surface area (Å²) in [4.78, 5) is 14.0. The zero-order valence-corrected chi connectivity index (χ0v) is 13.2. The van der Waals surface area contributed by atoms with Crippen LogP contribution in [0.5, 0.6) is 5.75 Å². The summed E-state index contributed by atoms with van der Waals surface area (Å²) in [6, 6.07) is 7.64. The van der Waals surface area contributed by atoms with Gasteiger partial charge < -0.3 is 15.0 Å². The van der Waals surface area contributed by atoms with Crippen LogP contribution in [0.3, 0.4) is 0 Å². The molecule has 0 saturated carbocycles. The lowest BCUT2D eigenvalue weighted by atomic mass is 10.2. The van der Waals surface area contributed by atoms with Gasteiger partial charge in [0.2, 0.25) is 0 Å². The Balaban J connectivity index is 1.77. The molecule has 1 saturated heterocycles. The Morgan fingerprint density at radius 2 is 2.00 bits per heavy atom. The molecule has 0 unspecified atom stereocenters. The van der Waals surface area contributed by atoms with E-state index in [0.29, 0.717) is 10.9 Å². The van der Waals surface area contributed by atoms with Crippen LogP contribution in [-0.4, -0.2) is 35.6 Å². The number of amides is 1. The minimum atomic E-state index is -0.203. The van der Waals surface area contributed by atoms with Gasteiger partial charge in [0, 0.05) is 13.1 Å². The average molecular weight is 306 g/mol. The van der Waals surface area contributed by atoms with E-state index in [1.165, 1.54) is 12.8 Å². The Hall–Kier alpha value is -1.62. The first-order valence-electron chi connectivity index (χ1n) is 7.43. The van der Waals surface area contributed by atoms with E-state index < -0.39 is 0 Å². The molecule has 0 spiro atoms. The number of likely N-dealkylation sites (tertiary alicyclic amines) is 1. The quantitative estimate of drug-likeness (QED) is 0.872. The van der Waals surface area contributed by atoms with Gasteiger partial charge >= 0.3 is 0 Å². The van der Waals surface area contributed by atoms with Crippen molar-refractivity contribution in [1.29, 1.82) is 0 Å². The highest BCUT2D eigenvalue weighted by atomic mass is 32.1. The van der Waals surface area contributed by atoms with Crippen molar-refractivity contribution in [2.45, 2.75) is 32.6 Å². The number of carbonyl (C=O) groups excluding carboxylic acids is 1. The van der Waals surface area contributed by atoms with Gasteiger partial charge in [0.15, 0.2) is 11.7 Å². The molecule has 0 aromatic heterocycles. The molecule has 1 aliphatic heterocycles. The maximum atomic E-state index is 11.9. The van der Waals surface area contributed by atoms with Crippen LogP contribution in [0.25, 0.3) is 0 Å². The number of thiocarbonyl (C=S) groups is 1. The van der Waals surface area contributed by atoms with E-state index in [-0.39, 0.29) is 12.5 Å². The minimum Gasteiger partial charge on any atom is -0.484 e. The monoisotopic (exact) mass is 306 g/mol. The standard InChI is InChI=1S/C16H22N2O2S/c1-13-7-6-8-14(11-13)20-12-15(19)17-16(21)18-9-4-2-3-5-10-18/h6-8,11H,2-5,9-10,12H2,1H3,(H,17,19,21). The number of nitrogens with zero attached hydrogens (tertiary/aromatic N) is 1. The second-order valence-electron chi connectivity index (χ2n) is 5.36. The minimum absolute atomic E-state index is 0.0164. The highest BCUT2D eigenvalue weighted by Crippen LogP contribution is 2.12. The first-order valence-corrected chi connectivity index (χ1v) is 7.84. The van der Waals surface area contributed by atoms with E-state index >= 15 is 0 Å². The van der Waals surface area contributed by atoms with Gasteiger partial charge in [0.05, 0.1) is 0 Å². The van der Waals surface area contributed by atoms with Crippen LogP contribution >= 0.6 is 12.2 Å². The van der Waals surface area contributed by atoms with Crippen molar-refractivity contribution in [3.05, 3.63) is 29.8 Å². The van der Waals surface area contributed by atoms with Crippen molar-refractivity contribution < 1.29 is 9.53 Å². The lowest BCUT2D eigenvalue weighted by Gasteiger charge is -2.23. The summed E-state index contributed by atoms with van der Waals surface area (Å²) in [5.74, 6) is 0.497. The average Bonchev–Trinajstić information content (AvgIpc) is 2.74. The summed E-state index contributed by atoms with van der Waals surface area (Å²) in [6.45, 7) is 3.83. The molecule has 1 amide bonds. The lowest BCUT2D eigenvalue weighted by molar-refractivity contribution is -0.121. The molecule has 1 aromatic rings. The van der Waals surface area contributed by atoms with Gasteiger partial charge in [0.1, 0.15) is 5.75 Å². The fourth-order valence-electron chi connectivity index (χ4n) is 2.36. The predicted octanol–water partition coefficient (Wildman–Crippen LogP) is 2.65. The third-order valence-corrected chi connectivity index (χ3v) is 3.86. The topological polar surface area (TPSA) is 41.6 Å². The number of aryl methyl sites for hydroxylation is 1. The van der Waals surface area contributed by atoms with Crippen molar-refractivity contribution in [3.8, 4) is 5.75 Å². The molecular weight excluding hydrogens is 284 g/mol. The Morgan fingerprint density at radius 3 is 2.67 bits per heavy atom. The highest BCUT2D eigenvalue weighted by Gasteiger charge is 2.14. The smallest absolute Gasteiger partial charge is 0.264 e. The van der Waals surface area contributed by atoms with Gasteiger partial charge in [-0.15, -0.1) is 0 Å². The molecule has 4 nitrogen and oxygen atoms in total. The van der Waals surface area contributed by atoms with Crippen LogP contribution in [0, 0.1) is 6.92 Å². The van der Waals surface area contributed by atoms with Gasteiger partial charge in [-0.1, -0.05) is 25.0 Å². The largest absolute Gasteiger partial charge is 0.484 e. The molecule has 5 heteroatoms. The number of nitrogens with one attached hydrogen (secondary N) is 1. The summed E-state index contributed by atoms with van der Waals surface area (Å²) in [6.07, 6.45) is 4.75. The van der Waals surface area contributed by atoms with Crippen LogP contribution in [-0.2, 0) is 4.79 Å². The molecule has 0 radical (unpaired) electrons. The Kier molecular flexibility index (Phi) is 5.99. The highest BCUT2D eigenvalue weighted by molar-refractivity contribution is 7.80. The molecule has 0 aliphatic carbocycles. The van der Waals surface area contributed by atoms with Crippen molar-refractivity contribution >= 4 is 23.2 Å². The van der Waals surface area contributed by atoms with Gasteiger partial charge in [-0.2, -0.15) is 0 Å². The van der Waals surface area contributed by atoms with Crippen LogP contribution < -0.4 is 10.1 Å². The number of benzene rings is 1. The zero-order valence-electron chi connectivity index (χ0n) is 12.4. The number of ether oxygens (including phenoxy) is 1. The first-order chi connectivity index (χ1) is 10.1. The third-order valence-electron chi connectivity index (χ3n) is 3.50. The summed E-state index contributed by atoms with van der Waals surface area (Å²) in [7, 11) is 0. The molecule has 0 bridgehead atoms. The second-order valence-corrected chi connectivity index (χ2v) is 5.75. The maximum absolute atomic E-state index is 11.9. The first kappa shape index (κ1) is 15.8. The molecule has 1 fully saturated rings. The second kappa shape index (κ2) is 7.98. The van der Waals surface area contributed by atoms with E-state index in [1.807, 2.05) is 31.2 Å². The molecule has 1 N–H and O–H groups in total. The van der Waals surface area contributed by atoms with Gasteiger partial charge in [-0.3, -0.25) is 4.79 Å². The normalized spacial score (nSPS) is 15.2. The molecular formula is C16H22N2O2S. The lowest BCUT2D eigenvalue weighted by Crippen LogP contribution is -2.44. The van der Waals surface area contributed by atoms with Crippen molar-refractivity contribution in [3.63, 3.8) is 0 Å². The van der Waals surface area contributed by atoms with E-state index in [2.05, 4.69) is 10.2 Å². The molecule has 114 valence electrons. The molecule has 1 heterocycles. The summed E-state index contributed by atoms with van der Waals surface area (Å²) < 4.78 is 5.47. The Labute approximate surface area is 131 Å². The molecule has 21 heavy (non-hydrogen) atoms. The van der Waals surface area contributed by atoms with Crippen LogP contribution in [0.15, 0.2) is 24.3 Å². The Morgan fingerprint density at radius 1 is 1.29 bits per heavy atom. The van der Waals surface area contributed by atoms with Crippen molar-refractivity contribution in [2.75, 3.05) is 19.7 Å². The van der Waals surface area contributed by atoms with Crippen molar-refractivity contribution in [2.24, 2.45) is 0 Å². The van der Waals surface area contributed by atoms with Crippen molar-refractivity contribution in [1.82, 2.24) is 10.2 Å². The maximum Gasteiger partial charge on any atom is 0.264 e. The van der Waals surface area contributed by atoms with E-state index in [1.54, 1.807) is 0 Å².